The van der Waals surface area contributed by atoms with Gasteiger partial charge < -0.3 is 5.11 Å². The second-order valence-electron chi connectivity index (χ2n) is 3.42. The summed E-state index contributed by atoms with van der Waals surface area (Å²) in [4.78, 5) is 0. The van der Waals surface area contributed by atoms with Crippen molar-refractivity contribution in [3.05, 3.63) is 53.6 Å². The van der Waals surface area contributed by atoms with E-state index in [0.717, 1.165) is 24.3 Å². The Morgan fingerprint density at radius 2 is 1.35 bits per heavy atom. The molecule has 0 aliphatic rings. The smallest absolute Gasteiger partial charge is 0.200 e. The van der Waals surface area contributed by atoms with E-state index in [1.807, 2.05) is 0 Å². The summed E-state index contributed by atoms with van der Waals surface area (Å²) in [5.74, 6) is -5.45. The third-order valence-corrected chi connectivity index (χ3v) is 2.24. The molecule has 2 rings (SSSR count). The van der Waals surface area contributed by atoms with Gasteiger partial charge >= 0.3 is 0 Å². The molecule has 5 heteroatoms. The summed E-state index contributed by atoms with van der Waals surface area (Å²) in [7, 11) is 0. The van der Waals surface area contributed by atoms with Crippen LogP contribution in [0.1, 0.15) is 0 Å². The van der Waals surface area contributed by atoms with Crippen molar-refractivity contribution in [3.63, 3.8) is 0 Å². The van der Waals surface area contributed by atoms with Gasteiger partial charge in [-0.05, 0) is 29.8 Å². The highest BCUT2D eigenvalue weighted by Gasteiger charge is 2.15. The first kappa shape index (κ1) is 11.4. The topological polar surface area (TPSA) is 20.2 Å². The van der Waals surface area contributed by atoms with Gasteiger partial charge in [-0.1, -0.05) is 0 Å². The Morgan fingerprint density at radius 3 is 1.94 bits per heavy atom. The monoisotopic (exact) mass is 242 g/mol. The van der Waals surface area contributed by atoms with Crippen molar-refractivity contribution in [2.24, 2.45) is 0 Å². The van der Waals surface area contributed by atoms with Crippen molar-refractivity contribution in [1.29, 1.82) is 0 Å². The number of rotatable bonds is 1. The molecule has 17 heavy (non-hydrogen) atoms. The molecule has 0 saturated carbocycles. The molecule has 1 nitrogen and oxygen atoms in total. The van der Waals surface area contributed by atoms with Gasteiger partial charge in [0.1, 0.15) is 11.6 Å². The summed E-state index contributed by atoms with van der Waals surface area (Å²) >= 11 is 0. The molecule has 0 aliphatic carbocycles. The van der Waals surface area contributed by atoms with E-state index in [-0.39, 0.29) is 11.1 Å². The largest absolute Gasteiger partial charge is 0.505 e. The lowest BCUT2D eigenvalue weighted by atomic mass is 10.0. The normalized spacial score (nSPS) is 10.6. The van der Waals surface area contributed by atoms with E-state index in [2.05, 4.69) is 0 Å². The highest BCUT2D eigenvalue weighted by Crippen LogP contribution is 2.29. The molecule has 2 aromatic carbocycles. The Kier molecular flexibility index (Phi) is 2.75. The summed E-state index contributed by atoms with van der Waals surface area (Å²) in [6.07, 6.45) is 0. The third kappa shape index (κ3) is 2.08. The quantitative estimate of drug-likeness (QED) is 0.757. The Labute approximate surface area is 93.9 Å². The number of phenolic OH excluding ortho intramolecular Hbond substituents is 1. The van der Waals surface area contributed by atoms with Gasteiger partial charge in [0.25, 0.3) is 0 Å². The van der Waals surface area contributed by atoms with Gasteiger partial charge in [0.15, 0.2) is 11.6 Å². The molecule has 0 bridgehead atoms. The molecule has 0 spiro atoms. The molecule has 0 aromatic heterocycles. The molecule has 2 aromatic rings. The zero-order chi connectivity index (χ0) is 12.6. The SMILES string of the molecule is Oc1ccc(-c2cc(F)cc(F)c2)c(F)c1F. The van der Waals surface area contributed by atoms with E-state index in [1.54, 1.807) is 0 Å². The maximum atomic E-state index is 13.4. The van der Waals surface area contributed by atoms with Crippen LogP contribution in [0, 0.1) is 23.3 Å². The van der Waals surface area contributed by atoms with Crippen LogP contribution in [0.5, 0.6) is 5.75 Å². The summed E-state index contributed by atoms with van der Waals surface area (Å²) in [5, 5.41) is 8.92. The summed E-state index contributed by atoms with van der Waals surface area (Å²) < 4.78 is 52.3. The van der Waals surface area contributed by atoms with E-state index in [1.165, 1.54) is 0 Å². The lowest BCUT2D eigenvalue weighted by Gasteiger charge is -2.06. The molecule has 0 saturated heterocycles. The lowest BCUT2D eigenvalue weighted by molar-refractivity contribution is 0.408. The minimum Gasteiger partial charge on any atom is -0.505 e. The van der Waals surface area contributed by atoms with Crippen LogP contribution in [0.25, 0.3) is 11.1 Å². The van der Waals surface area contributed by atoms with Gasteiger partial charge in [0.05, 0.1) is 0 Å². The Morgan fingerprint density at radius 1 is 0.765 bits per heavy atom. The fourth-order valence-electron chi connectivity index (χ4n) is 1.47. The second-order valence-corrected chi connectivity index (χ2v) is 3.42. The first-order valence-electron chi connectivity index (χ1n) is 4.62. The number of hydrogen-bond donors (Lipinski definition) is 1. The molecule has 88 valence electrons. The highest BCUT2D eigenvalue weighted by molar-refractivity contribution is 5.65. The number of halogens is 4. The van der Waals surface area contributed by atoms with Crippen LogP contribution >= 0.6 is 0 Å². The summed E-state index contributed by atoms with van der Waals surface area (Å²) in [6, 6.07) is 4.33. The third-order valence-electron chi connectivity index (χ3n) is 2.24. The van der Waals surface area contributed by atoms with E-state index in [4.69, 9.17) is 5.11 Å². The van der Waals surface area contributed by atoms with Gasteiger partial charge in [-0.2, -0.15) is 4.39 Å². The molecule has 0 heterocycles. The van der Waals surface area contributed by atoms with Crippen molar-refractivity contribution in [3.8, 4) is 16.9 Å². The van der Waals surface area contributed by atoms with Gasteiger partial charge in [0, 0.05) is 11.6 Å². The number of benzene rings is 2. The van der Waals surface area contributed by atoms with E-state index in [9.17, 15) is 17.6 Å². The van der Waals surface area contributed by atoms with Crippen molar-refractivity contribution >= 4 is 0 Å². The van der Waals surface area contributed by atoms with Crippen molar-refractivity contribution in [2.45, 2.75) is 0 Å². The standard InChI is InChI=1S/C12H6F4O/c13-7-3-6(4-8(14)5-7)9-1-2-10(17)12(16)11(9)15/h1-5,17H. The molecule has 0 unspecified atom stereocenters. The fraction of sp³-hybridized carbons (Fsp3) is 0. The zero-order valence-electron chi connectivity index (χ0n) is 8.35. The van der Waals surface area contributed by atoms with Gasteiger partial charge in [0.2, 0.25) is 5.82 Å². The van der Waals surface area contributed by atoms with Crippen molar-refractivity contribution in [2.75, 3.05) is 0 Å². The van der Waals surface area contributed by atoms with Crippen LogP contribution in [0.4, 0.5) is 17.6 Å². The molecular weight excluding hydrogens is 236 g/mol. The Hall–Kier alpha value is -2.04. The average molecular weight is 242 g/mol. The number of hydrogen-bond acceptors (Lipinski definition) is 1. The number of aromatic hydroxyl groups is 1. The van der Waals surface area contributed by atoms with E-state index in [0.29, 0.717) is 6.07 Å². The van der Waals surface area contributed by atoms with E-state index < -0.39 is 29.0 Å². The van der Waals surface area contributed by atoms with Crippen LogP contribution in [-0.2, 0) is 0 Å². The molecule has 0 atom stereocenters. The van der Waals surface area contributed by atoms with E-state index >= 15 is 0 Å². The fourth-order valence-corrected chi connectivity index (χ4v) is 1.47. The maximum Gasteiger partial charge on any atom is 0.200 e. The minimum absolute atomic E-state index is 0.140. The average Bonchev–Trinajstić information content (AvgIpc) is 2.24. The highest BCUT2D eigenvalue weighted by atomic mass is 19.2. The molecule has 0 radical (unpaired) electrons. The predicted molar refractivity (Wildman–Crippen MR) is 53.4 cm³/mol. The second kappa shape index (κ2) is 4.08. The summed E-state index contributed by atoms with van der Waals surface area (Å²) in [6.45, 7) is 0. The van der Waals surface area contributed by atoms with Gasteiger partial charge in [-0.25, -0.2) is 13.2 Å². The van der Waals surface area contributed by atoms with Crippen LogP contribution in [-0.4, -0.2) is 5.11 Å². The van der Waals surface area contributed by atoms with Gasteiger partial charge in [-0.3, -0.25) is 0 Å². The minimum atomic E-state index is -1.45. The Balaban J connectivity index is 2.64. The predicted octanol–water partition coefficient (Wildman–Crippen LogP) is 3.62. The van der Waals surface area contributed by atoms with Crippen molar-refractivity contribution < 1.29 is 22.7 Å². The van der Waals surface area contributed by atoms with Crippen LogP contribution in [0.3, 0.4) is 0 Å². The lowest BCUT2D eigenvalue weighted by Crippen LogP contribution is -1.92. The molecule has 0 fully saturated rings. The molecule has 0 amide bonds. The van der Waals surface area contributed by atoms with Crippen LogP contribution in [0.15, 0.2) is 30.3 Å². The zero-order valence-corrected chi connectivity index (χ0v) is 8.35. The summed E-state index contributed by atoms with van der Waals surface area (Å²) in [5.41, 5.74) is -0.461. The molecule has 0 aliphatic heterocycles. The first-order valence-corrected chi connectivity index (χ1v) is 4.62. The number of phenols is 1. The first-order chi connectivity index (χ1) is 7.99. The van der Waals surface area contributed by atoms with Crippen molar-refractivity contribution in [1.82, 2.24) is 0 Å². The van der Waals surface area contributed by atoms with Crippen LogP contribution in [0.2, 0.25) is 0 Å². The molecule has 1 N–H and O–H groups in total. The molecular formula is C12H6F4O. The van der Waals surface area contributed by atoms with Crippen LogP contribution < -0.4 is 0 Å². The maximum absolute atomic E-state index is 13.4. The van der Waals surface area contributed by atoms with Gasteiger partial charge in [-0.15, -0.1) is 0 Å². The Bertz CT molecular complexity index is 561.